The molecule has 2 saturated heterocycles. The van der Waals surface area contributed by atoms with Gasteiger partial charge >= 0.3 is 0 Å². The van der Waals surface area contributed by atoms with Crippen LogP contribution in [0, 0.1) is 5.92 Å². The summed E-state index contributed by atoms with van der Waals surface area (Å²) < 4.78 is 25.2. The molecule has 1 unspecified atom stereocenters. The van der Waals surface area contributed by atoms with E-state index in [1.165, 1.54) is 11.8 Å². The van der Waals surface area contributed by atoms with E-state index in [4.69, 9.17) is 0 Å². The standard InChI is InChI=1S/C19H26N6O3S2/c1-23-17(12-15-5-11-30(27,28)14-15)21-22-19(23)29-13-18(26)25-9-7-24(8-10-25)16-4-2-3-6-20-16/h2-4,6,15H,5,7-14H2,1H3. The second kappa shape index (κ2) is 8.93. The number of rotatable bonds is 6. The molecule has 2 aliphatic rings. The number of anilines is 1. The molecule has 0 radical (unpaired) electrons. The van der Waals surface area contributed by atoms with Gasteiger partial charge < -0.3 is 14.4 Å². The fourth-order valence-corrected chi connectivity index (χ4v) is 6.58. The summed E-state index contributed by atoms with van der Waals surface area (Å²) in [6, 6.07) is 5.85. The smallest absolute Gasteiger partial charge is 0.233 e. The maximum atomic E-state index is 12.6. The highest BCUT2D eigenvalue weighted by atomic mass is 32.2. The lowest BCUT2D eigenvalue weighted by Crippen LogP contribution is -2.49. The number of piperazine rings is 1. The quantitative estimate of drug-likeness (QED) is 0.591. The number of hydrogen-bond acceptors (Lipinski definition) is 8. The lowest BCUT2D eigenvalue weighted by atomic mass is 10.1. The van der Waals surface area contributed by atoms with Gasteiger partial charge in [0.15, 0.2) is 15.0 Å². The molecule has 2 aliphatic heterocycles. The summed E-state index contributed by atoms with van der Waals surface area (Å²) in [4.78, 5) is 21.1. The summed E-state index contributed by atoms with van der Waals surface area (Å²) in [5.74, 6) is 2.72. The zero-order valence-corrected chi connectivity index (χ0v) is 18.6. The van der Waals surface area contributed by atoms with Crippen molar-refractivity contribution in [2.45, 2.75) is 18.0 Å². The van der Waals surface area contributed by atoms with Gasteiger partial charge in [0.05, 0.1) is 17.3 Å². The number of carbonyl (C=O) groups excluding carboxylic acids is 1. The predicted octanol–water partition coefficient (Wildman–Crippen LogP) is 0.628. The molecule has 1 atom stereocenters. The first kappa shape index (κ1) is 21.1. The van der Waals surface area contributed by atoms with Crippen LogP contribution in [0.2, 0.25) is 0 Å². The number of nitrogens with zero attached hydrogens (tertiary/aromatic N) is 6. The van der Waals surface area contributed by atoms with E-state index in [1.54, 1.807) is 6.20 Å². The van der Waals surface area contributed by atoms with Crippen LogP contribution in [0.1, 0.15) is 12.2 Å². The zero-order chi connectivity index (χ0) is 21.1. The van der Waals surface area contributed by atoms with Crippen molar-refractivity contribution in [3.05, 3.63) is 30.2 Å². The molecular formula is C19H26N6O3S2. The van der Waals surface area contributed by atoms with Crippen LogP contribution in [0.15, 0.2) is 29.6 Å². The van der Waals surface area contributed by atoms with E-state index in [0.717, 1.165) is 24.7 Å². The average Bonchev–Trinajstić information content (AvgIpc) is 3.28. The molecule has 4 rings (SSSR count). The Kier molecular flexibility index (Phi) is 6.28. The number of aromatic nitrogens is 4. The third-order valence-electron chi connectivity index (χ3n) is 5.65. The van der Waals surface area contributed by atoms with Crippen molar-refractivity contribution in [1.82, 2.24) is 24.6 Å². The molecule has 2 fully saturated rings. The van der Waals surface area contributed by atoms with E-state index in [1.807, 2.05) is 34.7 Å². The lowest BCUT2D eigenvalue weighted by Gasteiger charge is -2.35. The summed E-state index contributed by atoms with van der Waals surface area (Å²) in [6.07, 6.45) is 3.07. The van der Waals surface area contributed by atoms with Crippen molar-refractivity contribution in [2.24, 2.45) is 13.0 Å². The Hall–Kier alpha value is -2.14. The van der Waals surface area contributed by atoms with Gasteiger partial charge in [0.25, 0.3) is 0 Å². The van der Waals surface area contributed by atoms with E-state index < -0.39 is 9.84 Å². The van der Waals surface area contributed by atoms with E-state index in [9.17, 15) is 13.2 Å². The zero-order valence-electron chi connectivity index (χ0n) is 17.0. The Morgan fingerprint density at radius 1 is 1.20 bits per heavy atom. The molecule has 162 valence electrons. The first-order valence-electron chi connectivity index (χ1n) is 10.1. The molecule has 2 aromatic heterocycles. The highest BCUT2D eigenvalue weighted by Crippen LogP contribution is 2.24. The van der Waals surface area contributed by atoms with Crippen LogP contribution in [-0.2, 0) is 28.1 Å². The summed E-state index contributed by atoms with van der Waals surface area (Å²) in [5.41, 5.74) is 0. The maximum absolute atomic E-state index is 12.6. The second-order valence-corrected chi connectivity index (χ2v) is 10.9. The Bertz CT molecular complexity index is 987. The monoisotopic (exact) mass is 450 g/mol. The largest absolute Gasteiger partial charge is 0.353 e. The number of amides is 1. The Labute approximate surface area is 180 Å². The molecule has 9 nitrogen and oxygen atoms in total. The van der Waals surface area contributed by atoms with E-state index in [2.05, 4.69) is 20.1 Å². The maximum Gasteiger partial charge on any atom is 0.233 e. The summed E-state index contributed by atoms with van der Waals surface area (Å²) in [5, 5.41) is 9.11. The van der Waals surface area contributed by atoms with Crippen LogP contribution in [0.4, 0.5) is 5.82 Å². The topological polar surface area (TPSA) is 101 Å². The third kappa shape index (κ3) is 4.94. The van der Waals surface area contributed by atoms with Gasteiger partial charge in [-0.05, 0) is 24.5 Å². The number of sulfone groups is 1. The molecule has 11 heteroatoms. The SMILES string of the molecule is Cn1c(CC2CCS(=O)(=O)C2)nnc1SCC(=O)N1CCN(c2ccccn2)CC1. The van der Waals surface area contributed by atoms with Crippen molar-refractivity contribution in [3.8, 4) is 0 Å². The summed E-state index contributed by atoms with van der Waals surface area (Å²) in [7, 11) is -1.03. The van der Waals surface area contributed by atoms with Gasteiger partial charge in [0.1, 0.15) is 11.6 Å². The summed E-state index contributed by atoms with van der Waals surface area (Å²) in [6.45, 7) is 2.89. The minimum absolute atomic E-state index is 0.0899. The highest BCUT2D eigenvalue weighted by Gasteiger charge is 2.29. The minimum Gasteiger partial charge on any atom is -0.353 e. The van der Waals surface area contributed by atoms with Gasteiger partial charge in [-0.15, -0.1) is 10.2 Å². The van der Waals surface area contributed by atoms with Crippen molar-refractivity contribution in [1.29, 1.82) is 0 Å². The number of carbonyl (C=O) groups is 1. The van der Waals surface area contributed by atoms with E-state index in [-0.39, 0.29) is 23.3 Å². The molecule has 0 aromatic carbocycles. The highest BCUT2D eigenvalue weighted by molar-refractivity contribution is 7.99. The molecule has 1 amide bonds. The van der Waals surface area contributed by atoms with Crippen LogP contribution in [0.25, 0.3) is 0 Å². The lowest BCUT2D eigenvalue weighted by molar-refractivity contribution is -0.128. The van der Waals surface area contributed by atoms with E-state index >= 15 is 0 Å². The first-order chi connectivity index (χ1) is 14.4. The van der Waals surface area contributed by atoms with Gasteiger partial charge in [-0.3, -0.25) is 4.79 Å². The van der Waals surface area contributed by atoms with Gasteiger partial charge in [-0.1, -0.05) is 17.8 Å². The third-order valence-corrected chi connectivity index (χ3v) is 8.50. The second-order valence-electron chi connectivity index (χ2n) is 7.78. The first-order valence-corrected chi connectivity index (χ1v) is 12.9. The number of thioether (sulfide) groups is 1. The predicted molar refractivity (Wildman–Crippen MR) is 115 cm³/mol. The van der Waals surface area contributed by atoms with Gasteiger partial charge in [-0.25, -0.2) is 13.4 Å². The molecule has 2 aromatic rings. The molecule has 0 bridgehead atoms. The van der Waals surface area contributed by atoms with Crippen molar-refractivity contribution in [2.75, 3.05) is 48.3 Å². The van der Waals surface area contributed by atoms with Crippen LogP contribution < -0.4 is 4.90 Å². The molecule has 0 saturated carbocycles. The van der Waals surface area contributed by atoms with Gasteiger partial charge in [-0.2, -0.15) is 0 Å². The van der Waals surface area contributed by atoms with Gasteiger partial charge in [0.2, 0.25) is 5.91 Å². The minimum atomic E-state index is -2.90. The average molecular weight is 451 g/mol. The van der Waals surface area contributed by atoms with Gasteiger partial charge in [0, 0.05) is 45.8 Å². The molecule has 0 N–H and O–H groups in total. The fraction of sp³-hybridized carbons (Fsp3) is 0.579. The van der Waals surface area contributed by atoms with Crippen LogP contribution >= 0.6 is 11.8 Å². The Balaban J connectivity index is 1.26. The molecule has 4 heterocycles. The van der Waals surface area contributed by atoms with Crippen LogP contribution in [0.5, 0.6) is 0 Å². The van der Waals surface area contributed by atoms with Crippen molar-refractivity contribution >= 4 is 33.3 Å². The Morgan fingerprint density at radius 3 is 2.67 bits per heavy atom. The number of pyridine rings is 1. The van der Waals surface area contributed by atoms with Crippen molar-refractivity contribution < 1.29 is 13.2 Å². The van der Waals surface area contributed by atoms with Crippen molar-refractivity contribution in [3.63, 3.8) is 0 Å². The number of hydrogen-bond donors (Lipinski definition) is 0. The molecule has 30 heavy (non-hydrogen) atoms. The summed E-state index contributed by atoms with van der Waals surface area (Å²) >= 11 is 1.38. The normalized spacial score (nSPS) is 21.2. The van der Waals surface area contributed by atoms with E-state index in [0.29, 0.717) is 36.8 Å². The Morgan fingerprint density at radius 2 is 2.00 bits per heavy atom. The molecule has 0 spiro atoms. The van der Waals surface area contributed by atoms with Crippen LogP contribution in [0.3, 0.4) is 0 Å². The fourth-order valence-electron chi connectivity index (χ4n) is 3.88. The van der Waals surface area contributed by atoms with Crippen LogP contribution in [-0.4, -0.2) is 82.4 Å². The molecule has 0 aliphatic carbocycles. The molecular weight excluding hydrogens is 424 g/mol.